The Labute approximate surface area is 135 Å². The van der Waals surface area contributed by atoms with Crippen molar-refractivity contribution in [1.29, 1.82) is 0 Å². The van der Waals surface area contributed by atoms with E-state index in [-0.39, 0.29) is 12.1 Å². The molecule has 0 bridgehead atoms. The zero-order chi connectivity index (χ0) is 17.2. The number of alkyl halides is 3. The quantitative estimate of drug-likeness (QED) is 0.744. The van der Waals surface area contributed by atoms with Crippen LogP contribution in [-0.4, -0.2) is 5.91 Å². The minimum atomic E-state index is -4.64. The fourth-order valence-corrected chi connectivity index (χ4v) is 2.17. The van der Waals surface area contributed by atoms with Crippen molar-refractivity contribution < 1.29 is 18.0 Å². The summed E-state index contributed by atoms with van der Waals surface area (Å²) in [5.74, 6) is -0.702. The first-order chi connectivity index (χ1) is 10.7. The molecule has 2 rings (SSSR count). The Balaban J connectivity index is 2.26. The normalized spacial score (nSPS) is 11.3. The van der Waals surface area contributed by atoms with Crippen molar-refractivity contribution in [1.82, 2.24) is 0 Å². The van der Waals surface area contributed by atoms with Crippen LogP contribution in [0.1, 0.15) is 21.5 Å². The average molecular weight is 344 g/mol. The maximum absolute atomic E-state index is 12.8. The second kappa shape index (κ2) is 6.47. The van der Waals surface area contributed by atoms with Crippen molar-refractivity contribution in [2.24, 2.45) is 5.73 Å². The van der Waals surface area contributed by atoms with E-state index in [1.807, 2.05) is 0 Å². The van der Waals surface area contributed by atoms with Crippen molar-refractivity contribution in [2.45, 2.75) is 12.7 Å². The predicted octanol–water partition coefficient (Wildman–Crippen LogP) is 3.65. The maximum atomic E-state index is 12.8. The average Bonchev–Trinajstić information content (AvgIpc) is 2.46. The maximum Gasteiger partial charge on any atom is 0.417 e. The highest BCUT2D eigenvalue weighted by Crippen LogP contribution is 2.35. The van der Waals surface area contributed by atoms with Crippen LogP contribution < -0.4 is 16.8 Å². The number of rotatable bonds is 3. The third-order valence-electron chi connectivity index (χ3n) is 3.16. The van der Waals surface area contributed by atoms with E-state index in [0.29, 0.717) is 23.0 Å². The van der Waals surface area contributed by atoms with E-state index >= 15 is 0 Å². The number of amides is 1. The van der Waals surface area contributed by atoms with Crippen LogP contribution in [-0.2, 0) is 12.7 Å². The molecule has 0 saturated heterocycles. The van der Waals surface area contributed by atoms with Crippen molar-refractivity contribution in [3.8, 4) is 0 Å². The number of hydrogen-bond donors (Lipinski definition) is 3. The van der Waals surface area contributed by atoms with Crippen molar-refractivity contribution >= 4 is 28.9 Å². The molecule has 0 fully saturated rings. The molecule has 4 nitrogen and oxygen atoms in total. The molecular weight excluding hydrogens is 331 g/mol. The molecule has 2 aromatic rings. The van der Waals surface area contributed by atoms with E-state index < -0.39 is 22.7 Å². The molecule has 0 aliphatic heterocycles. The lowest BCUT2D eigenvalue weighted by Crippen LogP contribution is -2.14. The van der Waals surface area contributed by atoms with Gasteiger partial charge in [-0.05, 0) is 35.9 Å². The van der Waals surface area contributed by atoms with Crippen molar-refractivity contribution in [2.75, 3.05) is 11.1 Å². The van der Waals surface area contributed by atoms with Gasteiger partial charge in [0, 0.05) is 23.5 Å². The molecule has 0 spiro atoms. The number of nitrogens with two attached hydrogens (primary N) is 2. The highest BCUT2D eigenvalue weighted by atomic mass is 35.5. The predicted molar refractivity (Wildman–Crippen MR) is 83.2 cm³/mol. The lowest BCUT2D eigenvalue weighted by molar-refractivity contribution is -0.137. The molecule has 122 valence electrons. The number of carbonyl (C=O) groups excluding carboxylic acids is 1. The first kappa shape index (κ1) is 17.1. The second-order valence-electron chi connectivity index (χ2n) is 4.76. The molecule has 1 amide bonds. The summed E-state index contributed by atoms with van der Waals surface area (Å²) in [5.41, 5.74) is 11.4. The van der Waals surface area contributed by atoms with E-state index in [1.165, 1.54) is 12.1 Å². The van der Waals surface area contributed by atoms with Gasteiger partial charge in [0.2, 0.25) is 0 Å². The summed E-state index contributed by atoms with van der Waals surface area (Å²) in [7, 11) is 0. The Morgan fingerprint density at radius 3 is 2.43 bits per heavy atom. The number of anilines is 2. The van der Waals surface area contributed by atoms with Gasteiger partial charge >= 0.3 is 6.18 Å². The minimum absolute atomic E-state index is 0.164. The summed E-state index contributed by atoms with van der Waals surface area (Å²) in [6, 6.07) is 7.64. The first-order valence-electron chi connectivity index (χ1n) is 6.49. The van der Waals surface area contributed by atoms with Crippen LogP contribution >= 0.6 is 11.6 Å². The second-order valence-corrected chi connectivity index (χ2v) is 5.17. The largest absolute Gasteiger partial charge is 0.417 e. The van der Waals surface area contributed by atoms with Gasteiger partial charge in [0.05, 0.1) is 10.6 Å². The van der Waals surface area contributed by atoms with E-state index in [1.54, 1.807) is 12.1 Å². The van der Waals surface area contributed by atoms with E-state index in [0.717, 1.165) is 6.07 Å². The summed E-state index contributed by atoms with van der Waals surface area (Å²) in [6.07, 6.45) is -4.64. The molecule has 23 heavy (non-hydrogen) atoms. The van der Waals surface area contributed by atoms with Gasteiger partial charge in [0.15, 0.2) is 0 Å². The van der Waals surface area contributed by atoms with Gasteiger partial charge in [0.1, 0.15) is 0 Å². The number of halogens is 4. The SMILES string of the molecule is NCc1ccc(NC(=O)c2ccc(Cl)c(C(F)(F)F)c2)cc1N. The smallest absolute Gasteiger partial charge is 0.398 e. The van der Waals surface area contributed by atoms with Crippen LogP contribution in [0.5, 0.6) is 0 Å². The van der Waals surface area contributed by atoms with Crippen LogP contribution in [0.2, 0.25) is 5.02 Å². The van der Waals surface area contributed by atoms with Gasteiger partial charge in [-0.1, -0.05) is 17.7 Å². The molecule has 0 saturated carbocycles. The van der Waals surface area contributed by atoms with E-state index in [9.17, 15) is 18.0 Å². The number of hydrogen-bond acceptors (Lipinski definition) is 3. The molecule has 2 aromatic carbocycles. The lowest BCUT2D eigenvalue weighted by Gasteiger charge is -2.12. The Bertz CT molecular complexity index is 747. The van der Waals surface area contributed by atoms with Gasteiger partial charge in [-0.25, -0.2) is 0 Å². The van der Waals surface area contributed by atoms with Gasteiger partial charge in [0.25, 0.3) is 5.91 Å². The Morgan fingerprint density at radius 2 is 1.87 bits per heavy atom. The number of nitrogen functional groups attached to an aromatic ring is 1. The number of carbonyl (C=O) groups is 1. The van der Waals surface area contributed by atoms with Gasteiger partial charge in [-0.2, -0.15) is 13.2 Å². The molecule has 5 N–H and O–H groups in total. The summed E-state index contributed by atoms with van der Waals surface area (Å²) >= 11 is 5.52. The third-order valence-corrected chi connectivity index (χ3v) is 3.49. The molecule has 0 aliphatic carbocycles. The van der Waals surface area contributed by atoms with Crippen LogP contribution in [0.15, 0.2) is 36.4 Å². The van der Waals surface area contributed by atoms with E-state index in [4.69, 9.17) is 23.1 Å². The highest BCUT2D eigenvalue weighted by Gasteiger charge is 2.33. The zero-order valence-electron chi connectivity index (χ0n) is 11.7. The monoisotopic (exact) mass is 343 g/mol. The summed E-state index contributed by atoms with van der Waals surface area (Å²) in [5, 5.41) is 2.01. The first-order valence-corrected chi connectivity index (χ1v) is 6.86. The molecular formula is C15H13ClF3N3O. The molecule has 0 aliphatic rings. The van der Waals surface area contributed by atoms with Crippen LogP contribution in [0.25, 0.3) is 0 Å². The molecule has 0 aromatic heterocycles. The number of benzene rings is 2. The number of nitrogens with one attached hydrogen (secondary N) is 1. The van der Waals surface area contributed by atoms with Gasteiger partial charge in [-0.15, -0.1) is 0 Å². The summed E-state index contributed by atoms with van der Waals surface area (Å²) < 4.78 is 38.4. The van der Waals surface area contributed by atoms with Gasteiger partial charge in [-0.3, -0.25) is 4.79 Å². The molecule has 8 heteroatoms. The Hall–Kier alpha value is -2.25. The topological polar surface area (TPSA) is 81.1 Å². The molecule has 0 radical (unpaired) electrons. The molecule has 0 atom stereocenters. The Kier molecular flexibility index (Phi) is 4.82. The van der Waals surface area contributed by atoms with Crippen molar-refractivity contribution in [3.05, 3.63) is 58.1 Å². The minimum Gasteiger partial charge on any atom is -0.398 e. The van der Waals surface area contributed by atoms with Crippen LogP contribution in [0, 0.1) is 0 Å². The molecule has 0 heterocycles. The fraction of sp³-hybridized carbons (Fsp3) is 0.133. The third kappa shape index (κ3) is 3.94. The van der Waals surface area contributed by atoms with Crippen molar-refractivity contribution in [3.63, 3.8) is 0 Å². The van der Waals surface area contributed by atoms with Crippen LogP contribution in [0.3, 0.4) is 0 Å². The van der Waals surface area contributed by atoms with E-state index in [2.05, 4.69) is 5.32 Å². The summed E-state index contributed by atoms with van der Waals surface area (Å²) in [4.78, 5) is 12.1. The fourth-order valence-electron chi connectivity index (χ4n) is 1.95. The zero-order valence-corrected chi connectivity index (χ0v) is 12.5. The summed E-state index contributed by atoms with van der Waals surface area (Å²) in [6.45, 7) is 0.242. The van der Waals surface area contributed by atoms with Gasteiger partial charge < -0.3 is 16.8 Å². The lowest BCUT2D eigenvalue weighted by atomic mass is 10.1. The standard InChI is InChI=1S/C15H13ClF3N3O/c16-12-4-2-8(5-11(12)15(17,18)19)14(23)22-10-3-1-9(7-20)13(21)6-10/h1-6H,7,20-21H2,(H,22,23). The Morgan fingerprint density at radius 1 is 1.17 bits per heavy atom. The van der Waals surface area contributed by atoms with Crippen LogP contribution in [0.4, 0.5) is 24.5 Å². The highest BCUT2D eigenvalue weighted by molar-refractivity contribution is 6.31. The molecule has 0 unspecified atom stereocenters.